The summed E-state index contributed by atoms with van der Waals surface area (Å²) in [6, 6.07) is 3.30. The fraction of sp³-hybridized carbons (Fsp3) is 0. The van der Waals surface area contributed by atoms with Crippen LogP contribution >= 0.6 is 23.2 Å². The molecule has 0 aliphatic heterocycles. The number of hydrogen-bond acceptors (Lipinski definition) is 2. The molecular weight excluding hydrogens is 171 g/mol. The monoisotopic (exact) mass is 172 g/mol. The predicted octanol–water partition coefficient (Wildman–Crippen LogP) is 2.26. The van der Waals surface area contributed by atoms with Gasteiger partial charge in [0.2, 0.25) is 0 Å². The molecule has 0 aliphatic carbocycles. The molecule has 10 heavy (non-hydrogen) atoms. The highest BCUT2D eigenvalue weighted by atomic mass is 35.5. The highest BCUT2D eigenvalue weighted by molar-refractivity contribution is 6.34. The topological polar surface area (TPSA) is 36.7 Å². The highest BCUT2D eigenvalue weighted by Crippen LogP contribution is 2.16. The smallest absolute Gasteiger partial charge is 0.159 e. The summed E-state index contributed by atoms with van der Waals surface area (Å²) in [6.45, 7) is 0. The summed E-state index contributed by atoms with van der Waals surface area (Å²) in [5, 5.41) is 9.09. The first-order chi connectivity index (χ1) is 4.74. The fourth-order valence-electron chi connectivity index (χ4n) is 0.497. The molecule has 1 rings (SSSR count). The van der Waals surface area contributed by atoms with E-state index < -0.39 is 0 Å². The summed E-state index contributed by atoms with van der Waals surface area (Å²) in [5.41, 5.74) is 0.200. The van der Waals surface area contributed by atoms with Gasteiger partial charge in [-0.3, -0.25) is 0 Å². The minimum Gasteiger partial charge on any atom is -0.242 e. The highest BCUT2D eigenvalue weighted by Gasteiger charge is 1.99. The van der Waals surface area contributed by atoms with Crippen molar-refractivity contribution in [2.45, 2.75) is 0 Å². The largest absolute Gasteiger partial charge is 0.242 e. The first-order valence-electron chi connectivity index (χ1n) is 2.45. The summed E-state index contributed by atoms with van der Waals surface area (Å²) >= 11 is 11.1. The van der Waals surface area contributed by atoms with E-state index in [1.54, 1.807) is 0 Å². The second-order valence-electron chi connectivity index (χ2n) is 1.60. The molecule has 0 aromatic carbocycles. The molecule has 0 aliphatic rings. The maximum atomic E-state index is 8.37. The Morgan fingerprint density at radius 2 is 2.20 bits per heavy atom. The molecule has 0 atom stereocenters. The van der Waals surface area contributed by atoms with E-state index in [4.69, 9.17) is 28.5 Å². The minimum absolute atomic E-state index is 0.200. The molecule has 0 amide bonds. The number of halogens is 2. The maximum absolute atomic E-state index is 8.37. The van der Waals surface area contributed by atoms with E-state index in [2.05, 4.69) is 4.98 Å². The summed E-state index contributed by atoms with van der Waals surface area (Å²) in [7, 11) is 0. The van der Waals surface area contributed by atoms with Crippen LogP contribution in [-0.2, 0) is 0 Å². The van der Waals surface area contributed by atoms with Crippen molar-refractivity contribution < 1.29 is 0 Å². The van der Waals surface area contributed by atoms with Crippen molar-refractivity contribution in [3.63, 3.8) is 0 Å². The summed E-state index contributed by atoms with van der Waals surface area (Å²) < 4.78 is 0. The Balaban J connectivity index is 3.23. The van der Waals surface area contributed by atoms with Crippen LogP contribution in [0.1, 0.15) is 5.69 Å². The Kier molecular flexibility index (Phi) is 2.10. The Morgan fingerprint density at radius 1 is 1.50 bits per heavy atom. The normalized spacial score (nSPS) is 8.90. The molecule has 0 saturated carbocycles. The molecular formula is C6H2Cl2N2. The second kappa shape index (κ2) is 2.87. The van der Waals surface area contributed by atoms with Crippen molar-refractivity contribution in [1.82, 2.24) is 4.98 Å². The maximum Gasteiger partial charge on any atom is 0.159 e. The van der Waals surface area contributed by atoms with Gasteiger partial charge in [-0.2, -0.15) is 5.26 Å². The Bertz CT molecular complexity index is 290. The molecule has 4 heteroatoms. The predicted molar refractivity (Wildman–Crippen MR) is 39.0 cm³/mol. The molecule has 0 radical (unpaired) electrons. The van der Waals surface area contributed by atoms with Crippen LogP contribution in [0.5, 0.6) is 0 Å². The lowest BCUT2D eigenvalue weighted by Gasteiger charge is -1.91. The SMILES string of the molecule is N#Cc1ncc(Cl)cc1Cl. The van der Waals surface area contributed by atoms with Crippen LogP contribution in [0, 0.1) is 11.3 Å². The Morgan fingerprint density at radius 3 is 2.70 bits per heavy atom. The zero-order valence-electron chi connectivity index (χ0n) is 4.81. The third-order valence-corrected chi connectivity index (χ3v) is 1.41. The molecule has 2 nitrogen and oxygen atoms in total. The quantitative estimate of drug-likeness (QED) is 0.603. The standard InChI is InChI=1S/C6H2Cl2N2/c7-4-1-5(8)6(2-9)10-3-4/h1,3H. The van der Waals surface area contributed by atoms with E-state index in [1.807, 2.05) is 6.07 Å². The van der Waals surface area contributed by atoms with Gasteiger partial charge >= 0.3 is 0 Å². The zero-order valence-corrected chi connectivity index (χ0v) is 6.32. The van der Waals surface area contributed by atoms with Gasteiger partial charge in [0.15, 0.2) is 5.69 Å². The fourth-order valence-corrected chi connectivity index (χ4v) is 0.919. The van der Waals surface area contributed by atoms with Gasteiger partial charge in [-0.1, -0.05) is 23.2 Å². The molecule has 50 valence electrons. The third kappa shape index (κ3) is 1.38. The molecule has 0 N–H and O–H groups in total. The van der Waals surface area contributed by atoms with Crippen LogP contribution < -0.4 is 0 Å². The number of hydrogen-bond donors (Lipinski definition) is 0. The van der Waals surface area contributed by atoms with Crippen LogP contribution in [0.25, 0.3) is 0 Å². The van der Waals surface area contributed by atoms with E-state index in [1.165, 1.54) is 12.3 Å². The van der Waals surface area contributed by atoms with Gasteiger partial charge in [-0.15, -0.1) is 0 Å². The van der Waals surface area contributed by atoms with Gasteiger partial charge in [0.25, 0.3) is 0 Å². The Labute approximate surface area is 68.0 Å². The van der Waals surface area contributed by atoms with Crippen molar-refractivity contribution in [1.29, 1.82) is 5.26 Å². The van der Waals surface area contributed by atoms with Crippen LogP contribution in [0.2, 0.25) is 10.0 Å². The van der Waals surface area contributed by atoms with Crippen molar-refractivity contribution in [3.8, 4) is 6.07 Å². The van der Waals surface area contributed by atoms with Crippen LogP contribution in [-0.4, -0.2) is 4.98 Å². The first kappa shape index (κ1) is 7.33. The number of nitrogens with zero attached hydrogens (tertiary/aromatic N) is 2. The zero-order chi connectivity index (χ0) is 7.56. The van der Waals surface area contributed by atoms with E-state index in [0.29, 0.717) is 5.02 Å². The van der Waals surface area contributed by atoms with E-state index >= 15 is 0 Å². The van der Waals surface area contributed by atoms with Crippen LogP contribution in [0.4, 0.5) is 0 Å². The first-order valence-corrected chi connectivity index (χ1v) is 3.21. The summed E-state index contributed by atoms with van der Waals surface area (Å²) in [6.07, 6.45) is 1.38. The van der Waals surface area contributed by atoms with Crippen molar-refractivity contribution in [3.05, 3.63) is 28.0 Å². The van der Waals surface area contributed by atoms with Crippen molar-refractivity contribution in [2.75, 3.05) is 0 Å². The van der Waals surface area contributed by atoms with E-state index in [0.717, 1.165) is 0 Å². The molecule has 0 saturated heterocycles. The number of pyridine rings is 1. The van der Waals surface area contributed by atoms with Crippen molar-refractivity contribution >= 4 is 23.2 Å². The average Bonchev–Trinajstić information content (AvgIpc) is 1.88. The van der Waals surface area contributed by atoms with Crippen molar-refractivity contribution in [2.24, 2.45) is 0 Å². The molecule has 1 heterocycles. The van der Waals surface area contributed by atoms with Gasteiger partial charge in [0.05, 0.1) is 10.0 Å². The molecule has 0 spiro atoms. The van der Waals surface area contributed by atoms with Gasteiger partial charge in [-0.05, 0) is 6.07 Å². The third-order valence-electron chi connectivity index (χ3n) is 0.914. The molecule has 1 aromatic rings. The lowest BCUT2D eigenvalue weighted by Crippen LogP contribution is -1.81. The van der Waals surface area contributed by atoms with Gasteiger partial charge in [-0.25, -0.2) is 4.98 Å². The molecule has 0 bridgehead atoms. The van der Waals surface area contributed by atoms with Crippen LogP contribution in [0.3, 0.4) is 0 Å². The lowest BCUT2D eigenvalue weighted by atomic mass is 10.4. The molecule has 0 fully saturated rings. The van der Waals surface area contributed by atoms with E-state index in [9.17, 15) is 0 Å². The molecule has 1 aromatic heterocycles. The van der Waals surface area contributed by atoms with Gasteiger partial charge in [0.1, 0.15) is 6.07 Å². The second-order valence-corrected chi connectivity index (χ2v) is 2.44. The average molecular weight is 173 g/mol. The van der Waals surface area contributed by atoms with Gasteiger partial charge in [0, 0.05) is 6.20 Å². The number of rotatable bonds is 0. The van der Waals surface area contributed by atoms with Crippen LogP contribution in [0.15, 0.2) is 12.3 Å². The minimum atomic E-state index is 0.200. The summed E-state index contributed by atoms with van der Waals surface area (Å²) in [5.74, 6) is 0. The summed E-state index contributed by atoms with van der Waals surface area (Å²) in [4.78, 5) is 3.67. The van der Waals surface area contributed by atoms with E-state index in [-0.39, 0.29) is 10.7 Å². The Hall–Kier alpha value is -0.780. The molecule has 0 unspecified atom stereocenters. The lowest BCUT2D eigenvalue weighted by molar-refractivity contribution is 1.26. The number of aromatic nitrogens is 1. The van der Waals surface area contributed by atoms with Gasteiger partial charge < -0.3 is 0 Å². The number of nitriles is 1.